The van der Waals surface area contributed by atoms with Crippen molar-refractivity contribution in [2.75, 3.05) is 33.3 Å². The van der Waals surface area contributed by atoms with Gasteiger partial charge >= 0.3 is 0 Å². The molecule has 1 aromatic rings. The molecule has 1 spiro atoms. The molecule has 0 unspecified atom stereocenters. The summed E-state index contributed by atoms with van der Waals surface area (Å²) in [5.41, 5.74) is 0.248. The fourth-order valence-electron chi connectivity index (χ4n) is 4.13. The fraction of sp³-hybridized carbons (Fsp3) is 0.684. The molecule has 2 fully saturated rings. The molecule has 0 bridgehead atoms. The molecule has 1 saturated heterocycles. The van der Waals surface area contributed by atoms with Crippen molar-refractivity contribution in [3.8, 4) is 5.75 Å². The summed E-state index contributed by atoms with van der Waals surface area (Å²) in [5, 5.41) is 2.83. The Morgan fingerprint density at radius 2 is 1.96 bits per heavy atom. The molecule has 0 aromatic carbocycles. The molecule has 1 amide bonds. The Labute approximate surface area is 148 Å². The molecule has 0 atom stereocenters. The molecule has 3 rings (SSSR count). The number of likely N-dealkylation sites (tertiary alicyclic amines) is 1. The topological polar surface area (TPSA) is 71.8 Å². The molecule has 6 heteroatoms. The van der Waals surface area contributed by atoms with Gasteiger partial charge in [0.15, 0.2) is 5.76 Å². The van der Waals surface area contributed by atoms with E-state index < -0.39 is 0 Å². The molecule has 2 heterocycles. The highest BCUT2D eigenvalue weighted by molar-refractivity contribution is 5.91. The van der Waals surface area contributed by atoms with Gasteiger partial charge in [0.1, 0.15) is 6.26 Å². The molecule has 25 heavy (non-hydrogen) atoms. The van der Waals surface area contributed by atoms with Crippen LogP contribution in [0.5, 0.6) is 5.75 Å². The van der Waals surface area contributed by atoms with Crippen LogP contribution in [0.3, 0.4) is 0 Å². The van der Waals surface area contributed by atoms with Crippen molar-refractivity contribution in [2.24, 2.45) is 5.41 Å². The number of methoxy groups -OCH3 is 1. The molecule has 1 aliphatic carbocycles. The second kappa shape index (κ2) is 8.04. The predicted molar refractivity (Wildman–Crippen MR) is 95.1 cm³/mol. The first kappa shape index (κ1) is 18.0. The summed E-state index contributed by atoms with van der Waals surface area (Å²) in [6, 6.07) is 1.17. The van der Waals surface area contributed by atoms with Crippen LogP contribution < -0.4 is 15.5 Å². The van der Waals surface area contributed by atoms with Crippen LogP contribution in [0.2, 0.25) is 0 Å². The lowest BCUT2D eigenvalue weighted by atomic mass is 9.68. The van der Waals surface area contributed by atoms with E-state index in [1.807, 2.05) is 0 Å². The van der Waals surface area contributed by atoms with Crippen molar-refractivity contribution in [3.63, 3.8) is 0 Å². The smallest absolute Gasteiger partial charge is 0.287 e. The number of amides is 1. The first-order valence-corrected chi connectivity index (χ1v) is 9.29. The fourth-order valence-corrected chi connectivity index (χ4v) is 4.13. The van der Waals surface area contributed by atoms with Crippen molar-refractivity contribution in [1.29, 1.82) is 0 Å². The van der Waals surface area contributed by atoms with Gasteiger partial charge in [0.2, 0.25) is 11.2 Å². The number of carbonyl (C=O) groups excluding carboxylic acids is 1. The minimum atomic E-state index is -0.361. The number of hydrogen-bond acceptors (Lipinski definition) is 5. The monoisotopic (exact) mass is 348 g/mol. The average molecular weight is 348 g/mol. The highest BCUT2D eigenvalue weighted by Crippen LogP contribution is 2.44. The standard InChI is InChI=1S/C19H28N2O4/c1-24-17-14-25-16(13-15(17)22)18(23)20-9-12-21-10-7-19(8-11-21)5-3-2-4-6-19/h13-14H,2-12H2,1H3,(H,20,23). The quantitative estimate of drug-likeness (QED) is 0.885. The summed E-state index contributed by atoms with van der Waals surface area (Å²) >= 11 is 0. The Morgan fingerprint density at radius 3 is 2.60 bits per heavy atom. The van der Waals surface area contributed by atoms with Gasteiger partial charge in [-0.3, -0.25) is 9.59 Å². The molecule has 138 valence electrons. The van der Waals surface area contributed by atoms with Gasteiger partial charge in [-0.25, -0.2) is 0 Å². The Bertz CT molecular complexity index is 639. The summed E-state index contributed by atoms with van der Waals surface area (Å²) in [4.78, 5) is 26.2. The molecule has 1 aromatic heterocycles. The van der Waals surface area contributed by atoms with E-state index >= 15 is 0 Å². The van der Waals surface area contributed by atoms with Crippen molar-refractivity contribution in [2.45, 2.75) is 44.9 Å². The Kier molecular flexibility index (Phi) is 5.78. The highest BCUT2D eigenvalue weighted by Gasteiger charge is 2.35. The number of nitrogens with one attached hydrogen (secondary N) is 1. The van der Waals surface area contributed by atoms with E-state index in [4.69, 9.17) is 9.15 Å². The zero-order chi connectivity index (χ0) is 17.7. The normalized spacial score (nSPS) is 20.4. The Morgan fingerprint density at radius 1 is 1.24 bits per heavy atom. The first-order chi connectivity index (χ1) is 12.1. The molecule has 0 radical (unpaired) electrons. The molecule has 2 aliphatic rings. The van der Waals surface area contributed by atoms with Crippen molar-refractivity contribution < 1.29 is 13.9 Å². The zero-order valence-corrected chi connectivity index (χ0v) is 15.0. The summed E-state index contributed by atoms with van der Waals surface area (Å²) in [5.74, 6) is -0.243. The van der Waals surface area contributed by atoms with Crippen molar-refractivity contribution in [3.05, 3.63) is 28.3 Å². The van der Waals surface area contributed by atoms with Crippen LogP contribution in [-0.2, 0) is 0 Å². The summed E-state index contributed by atoms with van der Waals surface area (Å²) in [6.07, 6.45) is 10.7. The van der Waals surface area contributed by atoms with E-state index in [0.29, 0.717) is 12.0 Å². The van der Waals surface area contributed by atoms with Crippen LogP contribution in [0.4, 0.5) is 0 Å². The van der Waals surface area contributed by atoms with Crippen molar-refractivity contribution >= 4 is 5.91 Å². The summed E-state index contributed by atoms with van der Waals surface area (Å²) in [6.45, 7) is 3.63. The third-order valence-electron chi connectivity index (χ3n) is 5.79. The molecule has 6 nitrogen and oxygen atoms in total. The number of nitrogens with zero attached hydrogens (tertiary/aromatic N) is 1. The Balaban J connectivity index is 1.42. The largest absolute Gasteiger partial charge is 0.490 e. The third-order valence-corrected chi connectivity index (χ3v) is 5.79. The number of ether oxygens (including phenoxy) is 1. The van der Waals surface area contributed by atoms with Crippen LogP contribution in [0.1, 0.15) is 55.5 Å². The molecule has 1 saturated carbocycles. The maximum atomic E-state index is 12.1. The summed E-state index contributed by atoms with van der Waals surface area (Å²) < 4.78 is 10.0. The van der Waals surface area contributed by atoms with Gasteiger partial charge in [0.25, 0.3) is 5.91 Å². The van der Waals surface area contributed by atoms with E-state index in [9.17, 15) is 9.59 Å². The van der Waals surface area contributed by atoms with Crippen LogP contribution in [0.25, 0.3) is 0 Å². The van der Waals surface area contributed by atoms with Crippen molar-refractivity contribution in [1.82, 2.24) is 10.2 Å². The SMILES string of the molecule is COc1coc(C(=O)NCCN2CCC3(CCCCC3)CC2)cc1=O. The van der Waals surface area contributed by atoms with Gasteiger partial charge in [-0.1, -0.05) is 19.3 Å². The van der Waals surface area contributed by atoms with Crippen LogP contribution in [0.15, 0.2) is 21.5 Å². The van der Waals surface area contributed by atoms with Crippen LogP contribution in [0, 0.1) is 5.41 Å². The Hall–Kier alpha value is -1.82. The highest BCUT2D eigenvalue weighted by atomic mass is 16.5. The van der Waals surface area contributed by atoms with Gasteiger partial charge < -0.3 is 19.4 Å². The maximum Gasteiger partial charge on any atom is 0.287 e. The third kappa shape index (κ3) is 4.42. The number of rotatable bonds is 5. The molecular formula is C19H28N2O4. The zero-order valence-electron chi connectivity index (χ0n) is 15.0. The van der Waals surface area contributed by atoms with E-state index in [2.05, 4.69) is 10.2 Å². The predicted octanol–water partition coefficient (Wildman–Crippen LogP) is 2.42. The van der Waals surface area contributed by atoms with Crippen LogP contribution >= 0.6 is 0 Å². The van der Waals surface area contributed by atoms with E-state index in [0.717, 1.165) is 19.6 Å². The van der Waals surface area contributed by atoms with Crippen LogP contribution in [-0.4, -0.2) is 44.1 Å². The lowest BCUT2D eigenvalue weighted by Crippen LogP contribution is -2.44. The maximum absolute atomic E-state index is 12.1. The number of hydrogen-bond donors (Lipinski definition) is 1. The second-order valence-corrected chi connectivity index (χ2v) is 7.34. The van der Waals surface area contributed by atoms with E-state index in [1.54, 1.807) is 0 Å². The molecule has 1 aliphatic heterocycles. The van der Waals surface area contributed by atoms with Gasteiger partial charge in [-0.15, -0.1) is 0 Å². The van der Waals surface area contributed by atoms with Gasteiger partial charge in [0, 0.05) is 19.2 Å². The van der Waals surface area contributed by atoms with Gasteiger partial charge in [0.05, 0.1) is 7.11 Å². The van der Waals surface area contributed by atoms with E-state index in [1.165, 1.54) is 64.4 Å². The second-order valence-electron chi connectivity index (χ2n) is 7.34. The minimum Gasteiger partial charge on any atom is -0.490 e. The average Bonchev–Trinajstić information content (AvgIpc) is 2.64. The number of piperidine rings is 1. The lowest BCUT2D eigenvalue weighted by Gasteiger charge is -2.44. The first-order valence-electron chi connectivity index (χ1n) is 9.29. The molecule has 1 N–H and O–H groups in total. The van der Waals surface area contributed by atoms with E-state index in [-0.39, 0.29) is 22.8 Å². The molecular weight excluding hydrogens is 320 g/mol. The lowest BCUT2D eigenvalue weighted by molar-refractivity contribution is 0.0670. The van der Waals surface area contributed by atoms with Gasteiger partial charge in [-0.2, -0.15) is 0 Å². The summed E-state index contributed by atoms with van der Waals surface area (Å²) in [7, 11) is 1.39. The number of carbonyl (C=O) groups is 1. The minimum absolute atomic E-state index is 0.0191. The van der Waals surface area contributed by atoms with Gasteiger partial charge in [-0.05, 0) is 44.2 Å².